The number of aliphatic hydroxyl groups excluding tert-OH is 1. The van der Waals surface area contributed by atoms with Crippen LogP contribution in [-0.2, 0) is 16.6 Å². The average Bonchev–Trinajstić information content (AvgIpc) is 2.32. The van der Waals surface area contributed by atoms with Crippen LogP contribution in [0.1, 0.15) is 11.1 Å². The Morgan fingerprint density at radius 3 is 2.67 bits per heavy atom. The summed E-state index contributed by atoms with van der Waals surface area (Å²) in [6, 6.07) is 2.43. The Bertz CT molecular complexity index is 517. The Morgan fingerprint density at radius 1 is 1.44 bits per heavy atom. The fourth-order valence-electron chi connectivity index (χ4n) is 1.43. The number of sulfonamides is 1. The maximum Gasteiger partial charge on any atom is 0.240 e. The molecule has 0 spiro atoms. The zero-order chi connectivity index (χ0) is 13.8. The van der Waals surface area contributed by atoms with Crippen LogP contribution in [0.15, 0.2) is 17.0 Å². The van der Waals surface area contributed by atoms with E-state index < -0.39 is 22.4 Å². The van der Waals surface area contributed by atoms with E-state index in [2.05, 4.69) is 4.72 Å². The summed E-state index contributed by atoms with van der Waals surface area (Å²) in [5.74, 6) is 0.00674. The molecule has 0 saturated carbocycles. The van der Waals surface area contributed by atoms with E-state index in [1.807, 2.05) is 6.26 Å². The van der Waals surface area contributed by atoms with E-state index in [0.29, 0.717) is 5.75 Å². The molecule has 0 aliphatic heterocycles. The van der Waals surface area contributed by atoms with Gasteiger partial charge in [0.25, 0.3) is 0 Å². The van der Waals surface area contributed by atoms with Crippen molar-refractivity contribution in [2.75, 3.05) is 18.6 Å². The monoisotopic (exact) mass is 293 g/mol. The summed E-state index contributed by atoms with van der Waals surface area (Å²) < 4.78 is 39.9. The van der Waals surface area contributed by atoms with Gasteiger partial charge in [0.1, 0.15) is 5.82 Å². The van der Waals surface area contributed by atoms with Gasteiger partial charge in [-0.1, -0.05) is 0 Å². The van der Waals surface area contributed by atoms with E-state index in [0.717, 1.165) is 6.07 Å². The second-order valence-electron chi connectivity index (χ2n) is 3.75. The molecule has 0 aromatic heterocycles. The van der Waals surface area contributed by atoms with Crippen LogP contribution in [0.2, 0.25) is 0 Å². The van der Waals surface area contributed by atoms with Crippen LogP contribution in [0.25, 0.3) is 0 Å². The van der Waals surface area contributed by atoms with E-state index in [1.165, 1.54) is 24.8 Å². The number of hydrogen-bond donors (Lipinski definition) is 2. The Balaban J connectivity index is 3.11. The number of hydrogen-bond acceptors (Lipinski definition) is 4. The van der Waals surface area contributed by atoms with Crippen LogP contribution < -0.4 is 4.72 Å². The second-order valence-corrected chi connectivity index (χ2v) is 6.47. The number of aliphatic hydroxyl groups is 1. The van der Waals surface area contributed by atoms with E-state index in [-0.39, 0.29) is 22.6 Å². The lowest BCUT2D eigenvalue weighted by Gasteiger charge is -2.11. The first kappa shape index (κ1) is 15.4. The summed E-state index contributed by atoms with van der Waals surface area (Å²) in [6.07, 6.45) is 1.87. The SMILES string of the molecule is CSCCNS(=O)(=O)c1cc(CO)cc(F)c1C. The van der Waals surface area contributed by atoms with Crippen molar-refractivity contribution < 1.29 is 17.9 Å². The van der Waals surface area contributed by atoms with E-state index >= 15 is 0 Å². The normalized spacial score (nSPS) is 11.8. The molecule has 0 saturated heterocycles. The molecule has 4 nitrogen and oxygen atoms in total. The van der Waals surface area contributed by atoms with Crippen molar-refractivity contribution in [2.45, 2.75) is 18.4 Å². The van der Waals surface area contributed by atoms with Gasteiger partial charge in [-0.2, -0.15) is 11.8 Å². The maximum absolute atomic E-state index is 13.5. The molecule has 0 amide bonds. The minimum absolute atomic E-state index is 0.0591. The molecule has 0 atom stereocenters. The quantitative estimate of drug-likeness (QED) is 0.775. The lowest BCUT2D eigenvalue weighted by molar-refractivity contribution is 0.281. The molecule has 0 fully saturated rings. The fourth-order valence-corrected chi connectivity index (χ4v) is 3.20. The van der Waals surface area contributed by atoms with Gasteiger partial charge in [-0.25, -0.2) is 17.5 Å². The first-order valence-electron chi connectivity index (χ1n) is 5.31. The highest BCUT2D eigenvalue weighted by Gasteiger charge is 2.19. The van der Waals surface area contributed by atoms with Gasteiger partial charge in [0.15, 0.2) is 0 Å². The molecule has 0 unspecified atom stereocenters. The largest absolute Gasteiger partial charge is 0.392 e. The molecule has 0 aliphatic carbocycles. The molecule has 2 N–H and O–H groups in total. The van der Waals surface area contributed by atoms with E-state index in [4.69, 9.17) is 5.11 Å². The van der Waals surface area contributed by atoms with Crippen LogP contribution in [0.4, 0.5) is 4.39 Å². The van der Waals surface area contributed by atoms with Crippen molar-refractivity contribution in [2.24, 2.45) is 0 Å². The Kier molecular flexibility index (Phi) is 5.58. The van der Waals surface area contributed by atoms with Gasteiger partial charge in [-0.05, 0) is 30.9 Å². The molecule has 1 rings (SSSR count). The summed E-state index contributed by atoms with van der Waals surface area (Å²) >= 11 is 1.51. The summed E-state index contributed by atoms with van der Waals surface area (Å²) in [4.78, 5) is -0.118. The average molecular weight is 293 g/mol. The predicted octanol–water partition coefficient (Wildman–Crippen LogP) is 1.27. The fraction of sp³-hybridized carbons (Fsp3) is 0.455. The number of thioether (sulfide) groups is 1. The molecule has 102 valence electrons. The molecule has 1 aromatic carbocycles. The number of halogens is 1. The van der Waals surface area contributed by atoms with Crippen molar-refractivity contribution in [3.05, 3.63) is 29.1 Å². The van der Waals surface area contributed by atoms with Crippen LogP contribution >= 0.6 is 11.8 Å². The second kappa shape index (κ2) is 6.51. The van der Waals surface area contributed by atoms with Crippen molar-refractivity contribution in [3.63, 3.8) is 0 Å². The minimum Gasteiger partial charge on any atom is -0.392 e. The Labute approximate surface area is 111 Å². The lowest BCUT2D eigenvalue weighted by atomic mass is 10.1. The number of rotatable bonds is 6. The van der Waals surface area contributed by atoms with Crippen molar-refractivity contribution in [1.29, 1.82) is 0 Å². The summed E-state index contributed by atoms with van der Waals surface area (Å²) in [5.41, 5.74) is 0.298. The summed E-state index contributed by atoms with van der Waals surface area (Å²) in [7, 11) is -3.73. The van der Waals surface area contributed by atoms with Crippen molar-refractivity contribution in [3.8, 4) is 0 Å². The topological polar surface area (TPSA) is 66.4 Å². The first-order chi connectivity index (χ1) is 8.42. The molecule has 0 aliphatic rings. The van der Waals surface area contributed by atoms with Gasteiger partial charge in [-0.3, -0.25) is 0 Å². The summed E-state index contributed by atoms with van der Waals surface area (Å²) in [6.45, 7) is 1.29. The van der Waals surface area contributed by atoms with Crippen molar-refractivity contribution >= 4 is 21.8 Å². The lowest BCUT2D eigenvalue weighted by Crippen LogP contribution is -2.27. The van der Waals surface area contributed by atoms with Gasteiger partial charge < -0.3 is 5.11 Å². The molecular weight excluding hydrogens is 277 g/mol. The standard InChI is InChI=1S/C11H16FNO3S2/c1-8-10(12)5-9(7-14)6-11(8)18(15,16)13-3-4-17-2/h5-6,13-14H,3-4,7H2,1-2H3. The third-order valence-corrected chi connectivity index (χ3v) is 4.63. The highest BCUT2D eigenvalue weighted by molar-refractivity contribution is 7.98. The number of benzene rings is 1. The molecule has 0 heterocycles. The van der Waals surface area contributed by atoms with Gasteiger partial charge in [0.05, 0.1) is 11.5 Å². The third-order valence-electron chi connectivity index (χ3n) is 2.43. The van der Waals surface area contributed by atoms with Gasteiger partial charge in [0, 0.05) is 17.9 Å². The minimum atomic E-state index is -3.73. The van der Waals surface area contributed by atoms with Gasteiger partial charge in [-0.15, -0.1) is 0 Å². The Morgan fingerprint density at radius 2 is 2.11 bits per heavy atom. The van der Waals surface area contributed by atoms with Gasteiger partial charge in [0.2, 0.25) is 10.0 Å². The van der Waals surface area contributed by atoms with E-state index in [9.17, 15) is 12.8 Å². The van der Waals surface area contributed by atoms with Crippen LogP contribution in [0, 0.1) is 12.7 Å². The predicted molar refractivity (Wildman–Crippen MR) is 70.6 cm³/mol. The third kappa shape index (κ3) is 3.68. The summed E-state index contributed by atoms with van der Waals surface area (Å²) in [5, 5.41) is 8.97. The molecule has 0 radical (unpaired) electrons. The molecule has 0 bridgehead atoms. The smallest absolute Gasteiger partial charge is 0.240 e. The van der Waals surface area contributed by atoms with E-state index in [1.54, 1.807) is 0 Å². The molecule has 1 aromatic rings. The maximum atomic E-state index is 13.5. The molecular formula is C11H16FNO3S2. The zero-order valence-corrected chi connectivity index (χ0v) is 11.9. The van der Waals surface area contributed by atoms with Gasteiger partial charge >= 0.3 is 0 Å². The van der Waals surface area contributed by atoms with Crippen LogP contribution in [-0.4, -0.2) is 32.1 Å². The zero-order valence-electron chi connectivity index (χ0n) is 10.2. The first-order valence-corrected chi connectivity index (χ1v) is 8.18. The number of nitrogens with one attached hydrogen (secondary N) is 1. The Hall–Kier alpha value is -0.630. The highest BCUT2D eigenvalue weighted by atomic mass is 32.2. The van der Waals surface area contributed by atoms with Crippen LogP contribution in [0.5, 0.6) is 0 Å². The molecule has 7 heteroatoms. The van der Waals surface area contributed by atoms with Crippen LogP contribution in [0.3, 0.4) is 0 Å². The highest BCUT2D eigenvalue weighted by Crippen LogP contribution is 2.20. The van der Waals surface area contributed by atoms with Crippen molar-refractivity contribution in [1.82, 2.24) is 4.72 Å². The molecule has 18 heavy (non-hydrogen) atoms.